The quantitative estimate of drug-likeness (QED) is 0.678. The molecule has 0 radical (unpaired) electrons. The molecular weight excluding hydrogens is 260 g/mol. The van der Waals surface area contributed by atoms with Gasteiger partial charge in [0.1, 0.15) is 5.75 Å². The van der Waals surface area contributed by atoms with E-state index in [1.165, 1.54) is 26.4 Å². The predicted molar refractivity (Wildman–Crippen MR) is 76.0 cm³/mol. The molecule has 0 heterocycles. The summed E-state index contributed by atoms with van der Waals surface area (Å²) in [5.74, 6) is -1.44. The molecule has 0 atom stereocenters. The number of ether oxygens (including phenoxy) is 2. The van der Waals surface area contributed by atoms with Crippen molar-refractivity contribution in [1.29, 1.82) is 0 Å². The Hall–Kier alpha value is -2.30. The van der Waals surface area contributed by atoms with Crippen molar-refractivity contribution >= 4 is 11.9 Å². The molecule has 0 saturated carbocycles. The van der Waals surface area contributed by atoms with Crippen molar-refractivity contribution in [3.05, 3.63) is 41.5 Å². The molecule has 0 aliphatic carbocycles. The van der Waals surface area contributed by atoms with Gasteiger partial charge in [-0.1, -0.05) is 19.9 Å². The maximum absolute atomic E-state index is 11.6. The van der Waals surface area contributed by atoms with Crippen LogP contribution >= 0.6 is 0 Å². The maximum atomic E-state index is 11.6. The lowest BCUT2D eigenvalue weighted by Crippen LogP contribution is -2.09. The Bertz CT molecular complexity index is 491. The number of methoxy groups -OCH3 is 2. The Kier molecular flexibility index (Phi) is 7.74. The van der Waals surface area contributed by atoms with Crippen molar-refractivity contribution in [2.24, 2.45) is 0 Å². The summed E-state index contributed by atoms with van der Waals surface area (Å²) in [6.45, 7) is 7.54. The van der Waals surface area contributed by atoms with Gasteiger partial charge in [0, 0.05) is 5.56 Å². The van der Waals surface area contributed by atoms with E-state index in [9.17, 15) is 14.7 Å². The highest BCUT2D eigenvalue weighted by Gasteiger charge is 2.19. The second-order valence-corrected chi connectivity index (χ2v) is 3.50. The van der Waals surface area contributed by atoms with Crippen LogP contribution in [-0.4, -0.2) is 31.3 Å². The maximum Gasteiger partial charge on any atom is 0.338 e. The Morgan fingerprint density at radius 3 is 2.20 bits per heavy atom. The average molecular weight is 280 g/mol. The summed E-state index contributed by atoms with van der Waals surface area (Å²) in [5, 5.41) is 9.83. The van der Waals surface area contributed by atoms with Gasteiger partial charge >= 0.3 is 11.9 Å². The molecule has 0 amide bonds. The summed E-state index contributed by atoms with van der Waals surface area (Å²) >= 11 is 0. The third kappa shape index (κ3) is 4.12. The lowest BCUT2D eigenvalue weighted by molar-refractivity contribution is 0.0597. The topological polar surface area (TPSA) is 72.8 Å². The first-order chi connectivity index (χ1) is 9.54. The van der Waals surface area contributed by atoms with Gasteiger partial charge in [-0.3, -0.25) is 0 Å². The molecular formula is C15H20O5. The number of phenols is 1. The largest absolute Gasteiger partial charge is 0.508 e. The Labute approximate surface area is 118 Å². The predicted octanol–water partition coefficient (Wildman–Crippen LogP) is 2.72. The minimum Gasteiger partial charge on any atom is -0.508 e. The van der Waals surface area contributed by atoms with Crippen LogP contribution in [0.3, 0.4) is 0 Å². The molecule has 5 heteroatoms. The fraction of sp³-hybridized carbons (Fsp3) is 0.333. The summed E-state index contributed by atoms with van der Waals surface area (Å²) in [4.78, 5) is 23.0. The van der Waals surface area contributed by atoms with E-state index in [1.807, 2.05) is 13.8 Å². The van der Waals surface area contributed by atoms with E-state index in [0.29, 0.717) is 5.56 Å². The zero-order valence-electron chi connectivity index (χ0n) is 12.2. The molecule has 0 saturated heterocycles. The summed E-state index contributed by atoms with van der Waals surface area (Å²) in [6, 6.07) is 2.58. The van der Waals surface area contributed by atoms with Crippen molar-refractivity contribution in [1.82, 2.24) is 0 Å². The number of hydrogen-bond donors (Lipinski definition) is 1. The molecule has 0 bridgehead atoms. The summed E-state index contributed by atoms with van der Waals surface area (Å²) < 4.78 is 9.15. The summed E-state index contributed by atoms with van der Waals surface area (Å²) in [6.07, 6.45) is 1.83. The highest BCUT2D eigenvalue weighted by atomic mass is 16.5. The minimum absolute atomic E-state index is 0.0863. The molecule has 5 nitrogen and oxygen atoms in total. The molecule has 110 valence electrons. The second-order valence-electron chi connectivity index (χ2n) is 3.50. The monoisotopic (exact) mass is 280 g/mol. The van der Waals surface area contributed by atoms with Gasteiger partial charge in [0.2, 0.25) is 0 Å². The number of rotatable bonds is 4. The number of esters is 2. The van der Waals surface area contributed by atoms with Gasteiger partial charge in [-0.25, -0.2) is 9.59 Å². The molecule has 0 unspecified atom stereocenters. The number of phenolic OH excluding ortho intramolecular Hbond substituents is 1. The lowest BCUT2D eigenvalue weighted by Gasteiger charge is -2.10. The van der Waals surface area contributed by atoms with Gasteiger partial charge in [0.25, 0.3) is 0 Å². The highest BCUT2D eigenvalue weighted by Crippen LogP contribution is 2.25. The molecule has 0 aromatic heterocycles. The Balaban J connectivity index is 0.00000172. The van der Waals surface area contributed by atoms with E-state index in [4.69, 9.17) is 0 Å². The van der Waals surface area contributed by atoms with Crippen molar-refractivity contribution in [2.45, 2.75) is 20.3 Å². The zero-order chi connectivity index (χ0) is 15.7. The number of hydrogen-bond acceptors (Lipinski definition) is 5. The van der Waals surface area contributed by atoms with Crippen molar-refractivity contribution in [2.75, 3.05) is 14.2 Å². The van der Waals surface area contributed by atoms with Crippen molar-refractivity contribution in [3.63, 3.8) is 0 Å². The zero-order valence-corrected chi connectivity index (χ0v) is 12.2. The second kappa shape index (κ2) is 8.74. The summed E-state index contributed by atoms with van der Waals surface area (Å²) in [5.41, 5.74) is 0.575. The van der Waals surface area contributed by atoms with E-state index in [1.54, 1.807) is 6.08 Å². The molecule has 0 aliphatic heterocycles. The van der Waals surface area contributed by atoms with Crippen molar-refractivity contribution < 1.29 is 24.2 Å². The Morgan fingerprint density at radius 2 is 1.75 bits per heavy atom. The van der Waals surface area contributed by atoms with Crippen molar-refractivity contribution in [3.8, 4) is 5.75 Å². The van der Waals surface area contributed by atoms with Gasteiger partial charge in [0.15, 0.2) is 0 Å². The van der Waals surface area contributed by atoms with E-state index in [2.05, 4.69) is 16.1 Å². The van der Waals surface area contributed by atoms with E-state index in [-0.39, 0.29) is 23.3 Å². The van der Waals surface area contributed by atoms with Gasteiger partial charge < -0.3 is 14.6 Å². The molecule has 1 rings (SSSR count). The molecule has 0 spiro atoms. The molecule has 0 aliphatic rings. The van der Waals surface area contributed by atoms with E-state index < -0.39 is 11.9 Å². The fourth-order valence-corrected chi connectivity index (χ4v) is 1.54. The minimum atomic E-state index is -0.638. The lowest BCUT2D eigenvalue weighted by atomic mass is 10.00. The van der Waals surface area contributed by atoms with Crippen LogP contribution in [0.5, 0.6) is 5.75 Å². The van der Waals surface area contributed by atoms with Crippen LogP contribution in [-0.2, 0) is 15.9 Å². The van der Waals surface area contributed by atoms with Crippen LogP contribution in [0.1, 0.15) is 40.1 Å². The number of allylic oxidation sites excluding steroid dienone is 1. The van der Waals surface area contributed by atoms with Crippen LogP contribution in [0.15, 0.2) is 24.8 Å². The summed E-state index contributed by atoms with van der Waals surface area (Å²) in [7, 11) is 2.44. The smallest absolute Gasteiger partial charge is 0.338 e. The SMILES string of the molecule is C=CCc1c(O)cc(C(=O)OC)cc1C(=O)OC.CC. The number of aromatic hydroxyl groups is 1. The van der Waals surface area contributed by atoms with Crippen LogP contribution in [0.2, 0.25) is 0 Å². The molecule has 20 heavy (non-hydrogen) atoms. The Morgan fingerprint density at radius 1 is 1.20 bits per heavy atom. The third-order valence-electron chi connectivity index (χ3n) is 2.40. The van der Waals surface area contributed by atoms with Gasteiger partial charge in [-0.05, 0) is 18.6 Å². The van der Waals surface area contributed by atoms with Gasteiger partial charge in [0.05, 0.1) is 25.3 Å². The van der Waals surface area contributed by atoms with Gasteiger partial charge in [-0.15, -0.1) is 6.58 Å². The van der Waals surface area contributed by atoms with Crippen LogP contribution in [0.4, 0.5) is 0 Å². The fourth-order valence-electron chi connectivity index (χ4n) is 1.54. The molecule has 1 aromatic rings. The number of carbonyl (C=O) groups excluding carboxylic acids is 2. The van der Waals surface area contributed by atoms with Gasteiger partial charge in [-0.2, -0.15) is 0 Å². The van der Waals surface area contributed by atoms with Crippen LogP contribution in [0, 0.1) is 0 Å². The first kappa shape index (κ1) is 17.7. The van der Waals surface area contributed by atoms with Crippen LogP contribution < -0.4 is 0 Å². The highest BCUT2D eigenvalue weighted by molar-refractivity contribution is 5.97. The standard InChI is InChI=1S/C13H14O5.C2H6/c1-4-5-9-10(13(16)18-3)6-8(7-11(9)14)12(15)17-2;1-2/h4,6-7,14H,1,5H2,2-3H3;1-2H3. The normalized spacial score (nSPS) is 9.00. The average Bonchev–Trinajstić information content (AvgIpc) is 2.49. The number of carbonyl (C=O) groups is 2. The van der Waals surface area contributed by atoms with Crippen LogP contribution in [0.25, 0.3) is 0 Å². The molecule has 1 N–H and O–H groups in total. The number of benzene rings is 1. The molecule has 0 fully saturated rings. The van der Waals surface area contributed by atoms with E-state index in [0.717, 1.165) is 0 Å². The van der Waals surface area contributed by atoms with E-state index >= 15 is 0 Å². The first-order valence-corrected chi connectivity index (χ1v) is 6.18. The third-order valence-corrected chi connectivity index (χ3v) is 2.40. The molecule has 1 aromatic carbocycles. The first-order valence-electron chi connectivity index (χ1n) is 6.18.